The average Bonchev–Trinajstić information content (AvgIpc) is 2.81. The lowest BCUT2D eigenvalue weighted by molar-refractivity contribution is -0.151. The van der Waals surface area contributed by atoms with E-state index in [2.05, 4.69) is 4.99 Å². The van der Waals surface area contributed by atoms with Gasteiger partial charge in [0.25, 0.3) is 0 Å². The van der Waals surface area contributed by atoms with Gasteiger partial charge in [0.05, 0.1) is 12.3 Å². The van der Waals surface area contributed by atoms with Crippen LogP contribution >= 0.6 is 11.3 Å². The van der Waals surface area contributed by atoms with Crippen LogP contribution in [0.2, 0.25) is 0 Å². The molecular weight excluding hydrogens is 415 g/mol. The number of thiophene rings is 1. The highest BCUT2D eigenvalue weighted by molar-refractivity contribution is 7.17. The molecule has 31 heavy (non-hydrogen) atoms. The molecule has 0 aliphatic carbocycles. The lowest BCUT2D eigenvalue weighted by Gasteiger charge is -2.21. The number of carbonyl (C=O) groups is 1. The number of nitrogens with zero attached hydrogens (tertiary/aromatic N) is 2. The summed E-state index contributed by atoms with van der Waals surface area (Å²) in [6.07, 6.45) is 0. The minimum Gasteiger partial charge on any atom is -0.460 e. The van der Waals surface area contributed by atoms with Gasteiger partial charge in [0.2, 0.25) is 0 Å². The van der Waals surface area contributed by atoms with Crippen LogP contribution in [0.25, 0.3) is 0 Å². The summed E-state index contributed by atoms with van der Waals surface area (Å²) in [4.78, 5) is 17.6. The lowest BCUT2D eigenvalue weighted by Crippen LogP contribution is -2.35. The highest BCUT2D eigenvalue weighted by Crippen LogP contribution is 2.38. The van der Waals surface area contributed by atoms with E-state index in [1.54, 1.807) is 35.3 Å². The fourth-order valence-electron chi connectivity index (χ4n) is 3.10. The molecule has 2 aromatic rings. The Balaban J connectivity index is 0.000000366. The molecule has 1 aromatic carbocycles. The SMILES string of the molecule is CC(=N)N1C(=N)CN=C(c2ccc(F)cc2)c2c1sc(C)c2C.CC(=O)OC(C)(C)C. The first-order valence-electron chi connectivity index (χ1n) is 9.85. The predicted molar refractivity (Wildman–Crippen MR) is 126 cm³/mol. The van der Waals surface area contributed by atoms with Crippen molar-refractivity contribution in [2.45, 2.75) is 54.1 Å². The van der Waals surface area contributed by atoms with Crippen LogP contribution < -0.4 is 4.90 Å². The third-order valence-electron chi connectivity index (χ3n) is 4.37. The number of anilines is 1. The van der Waals surface area contributed by atoms with Crippen molar-refractivity contribution in [2.75, 3.05) is 11.4 Å². The third-order valence-corrected chi connectivity index (χ3v) is 5.56. The molecule has 0 spiro atoms. The van der Waals surface area contributed by atoms with Gasteiger partial charge in [0.15, 0.2) is 0 Å². The van der Waals surface area contributed by atoms with Crippen molar-refractivity contribution >= 4 is 39.7 Å². The van der Waals surface area contributed by atoms with Crippen LogP contribution in [0.5, 0.6) is 0 Å². The number of hydrogen-bond acceptors (Lipinski definition) is 6. The molecule has 0 saturated heterocycles. The molecule has 6 nitrogen and oxygen atoms in total. The van der Waals surface area contributed by atoms with E-state index < -0.39 is 0 Å². The number of aliphatic imine (C=N–C) groups is 1. The van der Waals surface area contributed by atoms with Crippen LogP contribution in [0.1, 0.15) is 56.2 Å². The highest BCUT2D eigenvalue weighted by atomic mass is 32.1. The minimum atomic E-state index is -0.328. The van der Waals surface area contributed by atoms with Crippen molar-refractivity contribution in [3.05, 3.63) is 51.7 Å². The van der Waals surface area contributed by atoms with E-state index in [0.717, 1.165) is 32.3 Å². The second-order valence-corrected chi connectivity index (χ2v) is 9.41. The predicted octanol–water partition coefficient (Wildman–Crippen LogP) is 5.48. The molecule has 0 fully saturated rings. The molecule has 0 saturated carbocycles. The monoisotopic (exact) mass is 444 g/mol. The molecule has 2 heterocycles. The second-order valence-electron chi connectivity index (χ2n) is 8.21. The summed E-state index contributed by atoms with van der Waals surface area (Å²) in [5.74, 6) is 0.0637. The summed E-state index contributed by atoms with van der Waals surface area (Å²) >= 11 is 1.56. The van der Waals surface area contributed by atoms with Crippen molar-refractivity contribution in [3.8, 4) is 0 Å². The van der Waals surface area contributed by atoms with Gasteiger partial charge in [-0.3, -0.25) is 25.5 Å². The Morgan fingerprint density at radius 2 is 1.77 bits per heavy atom. The van der Waals surface area contributed by atoms with Crippen LogP contribution in [0, 0.1) is 30.5 Å². The van der Waals surface area contributed by atoms with Gasteiger partial charge in [-0.2, -0.15) is 0 Å². The maximum Gasteiger partial charge on any atom is 0.303 e. The Kier molecular flexibility index (Phi) is 7.49. The number of benzene rings is 1. The van der Waals surface area contributed by atoms with Crippen LogP contribution in [0.4, 0.5) is 9.39 Å². The van der Waals surface area contributed by atoms with Gasteiger partial charge in [-0.1, -0.05) is 0 Å². The van der Waals surface area contributed by atoms with Crippen LogP contribution in [-0.4, -0.2) is 35.5 Å². The molecule has 0 bridgehead atoms. The average molecular weight is 445 g/mol. The van der Waals surface area contributed by atoms with Crippen LogP contribution in [0.15, 0.2) is 29.3 Å². The number of amidine groups is 2. The molecule has 0 radical (unpaired) electrons. The Labute approximate surface area is 186 Å². The largest absolute Gasteiger partial charge is 0.460 e. The Morgan fingerprint density at radius 3 is 2.23 bits per heavy atom. The molecule has 0 unspecified atom stereocenters. The zero-order chi connectivity index (χ0) is 23.5. The van der Waals surface area contributed by atoms with Crippen LogP contribution in [-0.2, 0) is 9.53 Å². The number of rotatable bonds is 1. The normalized spacial score (nSPS) is 13.5. The van der Waals surface area contributed by atoms with E-state index in [9.17, 15) is 9.18 Å². The van der Waals surface area contributed by atoms with E-state index in [1.165, 1.54) is 19.1 Å². The van der Waals surface area contributed by atoms with Gasteiger partial charge >= 0.3 is 5.97 Å². The standard InChI is InChI=1S/C17H17FN4S.C6H12O2/c1-9-10(2)23-17-15(9)16(12-4-6-13(18)7-5-12)21-8-14(20)22(17)11(3)19;1-5(7)8-6(2,3)4/h4-7,19-20H,8H2,1-3H3;1-4H3. The Hall–Kier alpha value is -2.87. The van der Waals surface area contributed by atoms with Crippen molar-refractivity contribution in [1.82, 2.24) is 0 Å². The topological polar surface area (TPSA) is 89.6 Å². The number of aryl methyl sites for hydroxylation is 1. The van der Waals surface area contributed by atoms with E-state index in [1.807, 2.05) is 34.6 Å². The van der Waals surface area contributed by atoms with Gasteiger partial charge < -0.3 is 4.74 Å². The number of carbonyl (C=O) groups excluding carboxylic acids is 1. The molecule has 1 aliphatic heterocycles. The van der Waals surface area contributed by atoms with E-state index in [4.69, 9.17) is 15.6 Å². The fraction of sp³-hybridized carbons (Fsp3) is 0.391. The molecule has 8 heteroatoms. The third kappa shape index (κ3) is 6.07. The lowest BCUT2D eigenvalue weighted by atomic mass is 10.00. The minimum absolute atomic E-state index is 0.197. The number of esters is 1. The Bertz CT molecular complexity index is 1030. The number of fused-ring (bicyclic) bond motifs is 1. The second kappa shape index (κ2) is 9.51. The maximum absolute atomic E-state index is 13.2. The van der Waals surface area contributed by atoms with Crippen molar-refractivity contribution in [1.29, 1.82) is 10.8 Å². The first-order chi connectivity index (χ1) is 14.3. The van der Waals surface area contributed by atoms with Gasteiger partial charge in [0.1, 0.15) is 28.1 Å². The van der Waals surface area contributed by atoms with E-state index >= 15 is 0 Å². The van der Waals surface area contributed by atoms with Crippen LogP contribution in [0.3, 0.4) is 0 Å². The fourth-order valence-corrected chi connectivity index (χ4v) is 4.34. The first kappa shape index (κ1) is 24.4. The van der Waals surface area contributed by atoms with Crippen molar-refractivity contribution in [2.24, 2.45) is 4.99 Å². The smallest absolute Gasteiger partial charge is 0.303 e. The van der Waals surface area contributed by atoms with Crippen molar-refractivity contribution in [3.63, 3.8) is 0 Å². The van der Waals surface area contributed by atoms with Gasteiger partial charge in [-0.15, -0.1) is 11.3 Å². The highest BCUT2D eigenvalue weighted by Gasteiger charge is 2.28. The summed E-state index contributed by atoms with van der Waals surface area (Å²) in [6.45, 7) is 12.9. The molecule has 1 aliphatic rings. The molecule has 0 amide bonds. The Morgan fingerprint density at radius 1 is 1.19 bits per heavy atom. The number of halogens is 1. The zero-order valence-corrected chi connectivity index (χ0v) is 19.8. The quantitative estimate of drug-likeness (QED) is 0.346. The van der Waals surface area contributed by atoms with E-state index in [-0.39, 0.29) is 29.8 Å². The number of ether oxygens (including phenoxy) is 1. The molecule has 3 rings (SSSR count). The summed E-state index contributed by atoms with van der Waals surface area (Å²) < 4.78 is 18.0. The molecule has 2 N–H and O–H groups in total. The first-order valence-corrected chi connectivity index (χ1v) is 10.7. The molecule has 1 aromatic heterocycles. The summed E-state index contributed by atoms with van der Waals surface area (Å²) in [7, 11) is 0. The number of hydrogen-bond donors (Lipinski definition) is 2. The van der Waals surface area contributed by atoms with E-state index in [0.29, 0.717) is 5.84 Å². The maximum atomic E-state index is 13.2. The molecule has 166 valence electrons. The number of nitrogens with one attached hydrogen (secondary N) is 2. The summed E-state index contributed by atoms with van der Waals surface area (Å²) in [5, 5.41) is 17.1. The molecular formula is C23H29FN4O2S. The summed E-state index contributed by atoms with van der Waals surface area (Å²) in [6, 6.07) is 6.26. The van der Waals surface area contributed by atoms with Gasteiger partial charge in [-0.25, -0.2) is 4.39 Å². The zero-order valence-electron chi connectivity index (χ0n) is 19.0. The van der Waals surface area contributed by atoms with Crippen molar-refractivity contribution < 1.29 is 13.9 Å². The van der Waals surface area contributed by atoms with Gasteiger partial charge in [0, 0.05) is 22.9 Å². The summed E-state index contributed by atoms with van der Waals surface area (Å²) in [5.41, 5.74) is 3.29. The molecule has 0 atom stereocenters. The van der Waals surface area contributed by atoms with Gasteiger partial charge in [-0.05, 0) is 71.4 Å².